The summed E-state index contributed by atoms with van der Waals surface area (Å²) in [6, 6.07) is 0. The second kappa shape index (κ2) is 6.01. The van der Waals surface area contributed by atoms with E-state index in [0.29, 0.717) is 5.41 Å². The monoisotopic (exact) mass is 236 g/mol. The topological polar surface area (TPSA) is 24.8 Å². The summed E-state index contributed by atoms with van der Waals surface area (Å²) >= 11 is 0. The van der Waals surface area contributed by atoms with Crippen molar-refractivity contribution in [2.45, 2.75) is 27.7 Å². The molecule has 0 unspecified atom stereocenters. The van der Waals surface area contributed by atoms with Gasteiger partial charge in [-0.05, 0) is 25.5 Å². The van der Waals surface area contributed by atoms with Crippen LogP contribution in [-0.2, 0) is 4.74 Å². The van der Waals surface area contributed by atoms with Crippen molar-refractivity contribution in [3.8, 4) is 0 Å². The van der Waals surface area contributed by atoms with Gasteiger partial charge in [0.05, 0.1) is 18.6 Å². The summed E-state index contributed by atoms with van der Waals surface area (Å²) in [5.74, 6) is 1.05. The molecule has 0 aromatic heterocycles. The van der Waals surface area contributed by atoms with Crippen LogP contribution in [0.2, 0.25) is 0 Å². The van der Waals surface area contributed by atoms with Crippen molar-refractivity contribution in [2.24, 2.45) is 10.4 Å². The number of nitrogens with zero attached hydrogens (tertiary/aromatic N) is 2. The maximum atomic E-state index is 5.24. The van der Waals surface area contributed by atoms with Crippen molar-refractivity contribution in [3.63, 3.8) is 0 Å². The second-order valence-electron chi connectivity index (χ2n) is 4.60. The summed E-state index contributed by atoms with van der Waals surface area (Å²) in [7, 11) is 0. The minimum Gasteiger partial charge on any atom is -0.380 e. The van der Waals surface area contributed by atoms with Gasteiger partial charge < -0.3 is 9.64 Å². The molecule has 2 aliphatic heterocycles. The quantitative estimate of drug-likeness (QED) is 0.704. The first-order valence-corrected chi connectivity index (χ1v) is 6.34. The number of rotatable bonds is 3. The Hall–Kier alpha value is -1.09. The van der Waals surface area contributed by atoms with Crippen molar-refractivity contribution in [1.82, 2.24) is 4.90 Å². The van der Waals surface area contributed by atoms with Crippen molar-refractivity contribution in [1.29, 1.82) is 0 Å². The molecule has 0 aromatic carbocycles. The SMILES string of the molecule is C=C(C)/C=N\C(=C/C)N1CC2(COC2)C1.CC. The molecule has 2 heterocycles. The van der Waals surface area contributed by atoms with Crippen LogP contribution >= 0.6 is 0 Å². The summed E-state index contributed by atoms with van der Waals surface area (Å²) < 4.78 is 5.24. The second-order valence-corrected chi connectivity index (χ2v) is 4.60. The summed E-state index contributed by atoms with van der Waals surface area (Å²) in [5.41, 5.74) is 1.43. The predicted octanol–water partition coefficient (Wildman–Crippen LogP) is 2.85. The molecule has 3 heteroatoms. The van der Waals surface area contributed by atoms with Crippen molar-refractivity contribution < 1.29 is 4.74 Å². The molecule has 0 aliphatic carbocycles. The lowest BCUT2D eigenvalue weighted by molar-refractivity contribution is -0.180. The fourth-order valence-electron chi connectivity index (χ4n) is 2.01. The third-order valence-electron chi connectivity index (χ3n) is 2.87. The van der Waals surface area contributed by atoms with Crippen molar-refractivity contribution in [3.05, 3.63) is 24.0 Å². The molecule has 0 radical (unpaired) electrons. The van der Waals surface area contributed by atoms with Crippen LogP contribution in [0, 0.1) is 5.41 Å². The first-order chi connectivity index (χ1) is 8.15. The van der Waals surface area contributed by atoms with Crippen LogP contribution in [0.4, 0.5) is 0 Å². The fourth-order valence-corrected chi connectivity index (χ4v) is 2.01. The van der Waals surface area contributed by atoms with Gasteiger partial charge in [0.1, 0.15) is 5.82 Å². The number of allylic oxidation sites excluding steroid dienone is 2. The minimum atomic E-state index is 0.451. The molecule has 17 heavy (non-hydrogen) atoms. The van der Waals surface area contributed by atoms with E-state index in [0.717, 1.165) is 37.7 Å². The van der Waals surface area contributed by atoms with Crippen molar-refractivity contribution in [2.75, 3.05) is 26.3 Å². The number of hydrogen-bond acceptors (Lipinski definition) is 3. The van der Waals surface area contributed by atoms with Gasteiger partial charge in [0.25, 0.3) is 0 Å². The lowest BCUT2D eigenvalue weighted by Gasteiger charge is -2.55. The standard InChI is InChI=1S/C12H18N2O.C2H6/c1-4-11(13-5-10(2)3)14-6-12(7-14)8-15-9-12;1-2/h4-5H,2,6-9H2,1,3H3;1-2H3/b11-4+,13-5-;. The molecule has 0 saturated carbocycles. The maximum Gasteiger partial charge on any atom is 0.124 e. The van der Waals surface area contributed by atoms with Gasteiger partial charge >= 0.3 is 0 Å². The Labute approximate surface area is 105 Å². The lowest BCUT2D eigenvalue weighted by Crippen LogP contribution is -2.65. The maximum absolute atomic E-state index is 5.24. The summed E-state index contributed by atoms with van der Waals surface area (Å²) in [5, 5.41) is 0. The Morgan fingerprint density at radius 1 is 1.35 bits per heavy atom. The summed E-state index contributed by atoms with van der Waals surface area (Å²) in [6.07, 6.45) is 3.86. The largest absolute Gasteiger partial charge is 0.380 e. The van der Waals surface area contributed by atoms with Gasteiger partial charge in [-0.2, -0.15) is 0 Å². The zero-order valence-corrected chi connectivity index (χ0v) is 11.5. The molecule has 2 rings (SSSR count). The average molecular weight is 236 g/mol. The van der Waals surface area contributed by atoms with E-state index < -0.39 is 0 Å². The van der Waals surface area contributed by atoms with E-state index in [4.69, 9.17) is 4.74 Å². The van der Waals surface area contributed by atoms with Gasteiger partial charge in [0.2, 0.25) is 0 Å². The van der Waals surface area contributed by atoms with Gasteiger partial charge in [0, 0.05) is 19.3 Å². The normalized spacial score (nSPS) is 21.6. The van der Waals surface area contributed by atoms with Crippen LogP contribution in [0.3, 0.4) is 0 Å². The highest BCUT2D eigenvalue weighted by atomic mass is 16.5. The highest BCUT2D eigenvalue weighted by Gasteiger charge is 2.49. The van der Waals surface area contributed by atoms with Crippen LogP contribution in [0.15, 0.2) is 29.0 Å². The van der Waals surface area contributed by atoms with E-state index in [1.165, 1.54) is 0 Å². The van der Waals surface area contributed by atoms with Gasteiger partial charge in [-0.3, -0.25) is 0 Å². The van der Waals surface area contributed by atoms with Crippen LogP contribution in [0.5, 0.6) is 0 Å². The first kappa shape index (κ1) is 14.0. The van der Waals surface area contributed by atoms with E-state index in [1.54, 1.807) is 0 Å². The fraction of sp³-hybridized carbons (Fsp3) is 0.643. The molecule has 2 fully saturated rings. The zero-order valence-electron chi connectivity index (χ0n) is 11.5. The molecule has 0 aromatic rings. The van der Waals surface area contributed by atoms with E-state index in [-0.39, 0.29) is 0 Å². The number of hydrogen-bond donors (Lipinski definition) is 0. The molecule has 0 N–H and O–H groups in total. The third-order valence-corrected chi connectivity index (χ3v) is 2.87. The molecule has 1 spiro atoms. The predicted molar refractivity (Wildman–Crippen MR) is 73.2 cm³/mol. The van der Waals surface area contributed by atoms with Crippen LogP contribution in [-0.4, -0.2) is 37.4 Å². The van der Waals surface area contributed by atoms with Gasteiger partial charge in [-0.25, -0.2) is 4.99 Å². The lowest BCUT2D eigenvalue weighted by atomic mass is 9.78. The summed E-state index contributed by atoms with van der Waals surface area (Å²) in [4.78, 5) is 6.70. The first-order valence-electron chi connectivity index (χ1n) is 6.34. The van der Waals surface area contributed by atoms with E-state index >= 15 is 0 Å². The average Bonchev–Trinajstić information content (AvgIpc) is 2.21. The van der Waals surface area contributed by atoms with Crippen molar-refractivity contribution >= 4 is 6.21 Å². The number of aliphatic imine (C=N–C) groups is 1. The van der Waals surface area contributed by atoms with Gasteiger partial charge in [0.15, 0.2) is 0 Å². The molecule has 0 bridgehead atoms. The molecule has 3 nitrogen and oxygen atoms in total. The molecule has 2 saturated heterocycles. The Bertz CT molecular complexity index is 319. The minimum absolute atomic E-state index is 0.451. The highest BCUT2D eigenvalue weighted by molar-refractivity contribution is 5.77. The highest BCUT2D eigenvalue weighted by Crippen LogP contribution is 2.39. The Morgan fingerprint density at radius 3 is 2.29 bits per heavy atom. The number of likely N-dealkylation sites (tertiary alicyclic amines) is 1. The number of ether oxygens (including phenoxy) is 1. The van der Waals surface area contributed by atoms with Gasteiger partial charge in [-0.15, -0.1) is 0 Å². The van der Waals surface area contributed by atoms with E-state index in [2.05, 4.69) is 16.5 Å². The summed E-state index contributed by atoms with van der Waals surface area (Å²) in [6.45, 7) is 15.8. The zero-order chi connectivity index (χ0) is 12.9. The molecular weight excluding hydrogens is 212 g/mol. The van der Waals surface area contributed by atoms with Gasteiger partial charge in [-0.1, -0.05) is 20.4 Å². The Kier molecular flexibility index (Phi) is 4.94. The third kappa shape index (κ3) is 3.19. The molecule has 0 amide bonds. The molecular formula is C14H24N2O. The van der Waals surface area contributed by atoms with Crippen LogP contribution < -0.4 is 0 Å². The van der Waals surface area contributed by atoms with E-state index in [1.807, 2.05) is 40.0 Å². The molecule has 96 valence electrons. The Balaban J connectivity index is 0.000000686. The van der Waals surface area contributed by atoms with Crippen LogP contribution in [0.25, 0.3) is 0 Å². The smallest absolute Gasteiger partial charge is 0.124 e. The molecule has 2 aliphatic rings. The Morgan fingerprint density at radius 2 is 1.94 bits per heavy atom. The van der Waals surface area contributed by atoms with Crippen LogP contribution in [0.1, 0.15) is 27.7 Å². The van der Waals surface area contributed by atoms with E-state index in [9.17, 15) is 0 Å². The molecule has 0 atom stereocenters.